The van der Waals surface area contributed by atoms with Gasteiger partial charge in [0.15, 0.2) is 5.78 Å². The van der Waals surface area contributed by atoms with Crippen LogP contribution in [0.4, 0.5) is 0 Å². The largest absolute Gasteiger partial charge is 0.393 e. The molecule has 1 aliphatic rings. The highest BCUT2D eigenvalue weighted by molar-refractivity contribution is 7.99. The fraction of sp³-hybridized carbons (Fsp3) is 0.476. The number of aliphatic hydroxyl groups is 1. The maximum Gasteiger partial charge on any atom is 0.169 e. The zero-order valence-electron chi connectivity index (χ0n) is 15.5. The maximum atomic E-state index is 11.4. The lowest BCUT2D eigenvalue weighted by Crippen LogP contribution is -2.23. The van der Waals surface area contributed by atoms with Crippen molar-refractivity contribution in [2.75, 3.05) is 5.75 Å². The molecule has 0 unspecified atom stereocenters. The van der Waals surface area contributed by atoms with Gasteiger partial charge in [-0.2, -0.15) is 0 Å². The summed E-state index contributed by atoms with van der Waals surface area (Å²) in [5, 5.41) is 11.8. The Morgan fingerprint density at radius 1 is 1.21 bits per heavy atom. The van der Waals surface area contributed by atoms with Crippen LogP contribution in [0.15, 0.2) is 35.2 Å². The summed E-state index contributed by atoms with van der Waals surface area (Å²) in [5.74, 6) is 1.35. The van der Waals surface area contributed by atoms with Gasteiger partial charge in [-0.25, -0.2) is 0 Å². The smallest absolute Gasteiger partial charge is 0.169 e. The van der Waals surface area contributed by atoms with Crippen LogP contribution in [-0.4, -0.2) is 28.1 Å². The van der Waals surface area contributed by atoms with E-state index in [2.05, 4.69) is 0 Å². The molecule has 4 atom stereocenters. The predicted octanol–water partition coefficient (Wildman–Crippen LogP) is 6.98. The van der Waals surface area contributed by atoms with Crippen LogP contribution in [0.1, 0.15) is 40.7 Å². The Labute approximate surface area is 189 Å². The van der Waals surface area contributed by atoms with E-state index >= 15 is 0 Å². The molecule has 1 N–H and O–H groups in total. The number of carbonyl (C=O) groups excluding carboxylic acids is 1. The molecule has 3 rings (SSSR count). The Kier molecular flexibility index (Phi) is 8.17. The Morgan fingerprint density at radius 2 is 1.93 bits per heavy atom. The molecule has 0 aliphatic heterocycles. The number of thioether (sulfide) groups is 1. The Balaban J connectivity index is 1.56. The summed E-state index contributed by atoms with van der Waals surface area (Å²) >= 11 is 22.0. The van der Waals surface area contributed by atoms with E-state index in [4.69, 9.17) is 34.8 Å². The van der Waals surface area contributed by atoms with Crippen LogP contribution in [0.25, 0.3) is 0 Å². The summed E-state index contributed by atoms with van der Waals surface area (Å²) in [4.78, 5) is 14.5. The average molecular weight is 478 g/mol. The van der Waals surface area contributed by atoms with E-state index in [-0.39, 0.29) is 29.1 Å². The van der Waals surface area contributed by atoms with Gasteiger partial charge in [0.1, 0.15) is 0 Å². The zero-order chi connectivity index (χ0) is 20.3. The number of Topliss-reactive ketones (excluding diaryl/α,β-unsaturated/α-hetero) is 1. The first kappa shape index (κ1) is 22.5. The van der Waals surface area contributed by atoms with Crippen molar-refractivity contribution in [1.82, 2.24) is 0 Å². The van der Waals surface area contributed by atoms with Crippen molar-refractivity contribution < 1.29 is 9.90 Å². The first-order chi connectivity index (χ1) is 13.3. The lowest BCUT2D eigenvalue weighted by atomic mass is 9.91. The minimum absolute atomic E-state index is 0.000310. The minimum atomic E-state index is -0.374. The van der Waals surface area contributed by atoms with E-state index in [1.165, 1.54) is 4.88 Å². The van der Waals surface area contributed by atoms with E-state index in [0.717, 1.165) is 34.8 Å². The molecule has 0 saturated heterocycles. The fourth-order valence-electron chi connectivity index (χ4n) is 3.78. The molecule has 2 nitrogen and oxygen atoms in total. The molecule has 1 aromatic carbocycles. The summed E-state index contributed by atoms with van der Waals surface area (Å²) in [6.45, 7) is 1.60. The van der Waals surface area contributed by atoms with Gasteiger partial charge in [-0.3, -0.25) is 4.79 Å². The van der Waals surface area contributed by atoms with Gasteiger partial charge in [-0.15, -0.1) is 34.7 Å². The van der Waals surface area contributed by atoms with E-state index < -0.39 is 0 Å². The number of aryl methyl sites for hydroxylation is 1. The van der Waals surface area contributed by atoms with Crippen molar-refractivity contribution in [3.8, 4) is 0 Å². The highest BCUT2D eigenvalue weighted by atomic mass is 35.5. The predicted molar refractivity (Wildman–Crippen MR) is 122 cm³/mol. The third kappa shape index (κ3) is 5.90. The third-order valence-corrected chi connectivity index (χ3v) is 8.53. The molecule has 0 bridgehead atoms. The molecule has 1 saturated carbocycles. The lowest BCUT2D eigenvalue weighted by Gasteiger charge is -2.23. The van der Waals surface area contributed by atoms with Gasteiger partial charge in [-0.05, 0) is 74.8 Å². The number of carbonyl (C=O) groups is 1. The van der Waals surface area contributed by atoms with Crippen molar-refractivity contribution >= 4 is 63.7 Å². The number of benzene rings is 1. The van der Waals surface area contributed by atoms with Crippen molar-refractivity contribution in [2.24, 2.45) is 11.8 Å². The number of alkyl halides is 1. The lowest BCUT2D eigenvalue weighted by molar-refractivity contribution is 0.102. The van der Waals surface area contributed by atoms with Crippen molar-refractivity contribution in [3.63, 3.8) is 0 Å². The molecule has 28 heavy (non-hydrogen) atoms. The second kappa shape index (κ2) is 10.2. The van der Waals surface area contributed by atoms with Gasteiger partial charge in [-0.1, -0.05) is 23.2 Å². The molecule has 1 heterocycles. The fourth-order valence-corrected chi connectivity index (χ4v) is 7.15. The Hall–Kier alpha value is -0.230. The molecule has 1 fully saturated rings. The third-order valence-electron chi connectivity index (χ3n) is 5.22. The number of ketones is 1. The van der Waals surface area contributed by atoms with E-state index in [0.29, 0.717) is 16.5 Å². The molecular formula is C21H23Cl3O2S2. The molecule has 0 radical (unpaired) electrons. The van der Waals surface area contributed by atoms with Crippen LogP contribution < -0.4 is 0 Å². The van der Waals surface area contributed by atoms with Crippen LogP contribution in [0.2, 0.25) is 10.0 Å². The van der Waals surface area contributed by atoms with E-state index in [1.807, 2.05) is 24.3 Å². The van der Waals surface area contributed by atoms with Gasteiger partial charge in [0.25, 0.3) is 0 Å². The van der Waals surface area contributed by atoms with E-state index in [9.17, 15) is 9.90 Å². The molecular weight excluding hydrogens is 455 g/mol. The molecule has 152 valence electrons. The summed E-state index contributed by atoms with van der Waals surface area (Å²) in [5.41, 5.74) is 0. The number of hydrogen-bond acceptors (Lipinski definition) is 4. The summed E-state index contributed by atoms with van der Waals surface area (Å²) in [6, 6.07) is 9.46. The maximum absolute atomic E-state index is 11.4. The quantitative estimate of drug-likeness (QED) is 0.253. The first-order valence-electron chi connectivity index (χ1n) is 9.34. The van der Waals surface area contributed by atoms with Gasteiger partial charge >= 0.3 is 0 Å². The van der Waals surface area contributed by atoms with Gasteiger partial charge in [0.05, 0.1) is 11.0 Å². The van der Waals surface area contributed by atoms with Gasteiger partial charge < -0.3 is 5.11 Å². The Bertz CT molecular complexity index is 803. The van der Waals surface area contributed by atoms with Crippen molar-refractivity contribution in [3.05, 3.63) is 50.1 Å². The first-order valence-corrected chi connectivity index (χ1v) is 12.3. The van der Waals surface area contributed by atoms with Crippen LogP contribution in [0.5, 0.6) is 0 Å². The number of aliphatic hydroxyl groups excluding tert-OH is 1. The minimum Gasteiger partial charge on any atom is -0.393 e. The topological polar surface area (TPSA) is 37.3 Å². The van der Waals surface area contributed by atoms with Crippen molar-refractivity contribution in [2.45, 2.75) is 49.0 Å². The van der Waals surface area contributed by atoms with Gasteiger partial charge in [0, 0.05) is 30.9 Å². The molecule has 0 spiro atoms. The van der Waals surface area contributed by atoms with E-state index in [1.54, 1.807) is 36.1 Å². The van der Waals surface area contributed by atoms with Crippen LogP contribution in [0.3, 0.4) is 0 Å². The monoisotopic (exact) mass is 476 g/mol. The number of hydrogen-bond donors (Lipinski definition) is 1. The standard InChI is InChI=1S/C21H23Cl3O2S2/c1-12(25)21-6-5-15(28-21)3-2-4-17-18(20(26)10-19(17)24)11-27-16-8-13(22)7-14(23)9-16/h5-9,17-20,26H,2-4,10-11H2,1H3/t17-,18-,19-,20-/m1/s1. The zero-order valence-corrected chi connectivity index (χ0v) is 19.4. The number of thiophene rings is 1. The van der Waals surface area contributed by atoms with Crippen LogP contribution in [-0.2, 0) is 6.42 Å². The second-order valence-electron chi connectivity index (χ2n) is 7.28. The average Bonchev–Trinajstić information content (AvgIpc) is 3.18. The highest BCUT2D eigenvalue weighted by Crippen LogP contribution is 2.42. The van der Waals surface area contributed by atoms with Crippen molar-refractivity contribution in [1.29, 1.82) is 0 Å². The van der Waals surface area contributed by atoms with Crippen LogP contribution >= 0.6 is 57.9 Å². The molecule has 1 aromatic heterocycles. The summed E-state index contributed by atoms with van der Waals surface area (Å²) in [6.07, 6.45) is 3.18. The van der Waals surface area contributed by atoms with Crippen LogP contribution in [0, 0.1) is 11.8 Å². The summed E-state index contributed by atoms with van der Waals surface area (Å²) < 4.78 is 0. The summed E-state index contributed by atoms with van der Waals surface area (Å²) in [7, 11) is 0. The molecule has 0 amide bonds. The number of rotatable bonds is 8. The molecule has 7 heteroatoms. The second-order valence-corrected chi connectivity index (χ2v) is 11.0. The highest BCUT2D eigenvalue weighted by Gasteiger charge is 2.40. The van der Waals surface area contributed by atoms with Gasteiger partial charge in [0.2, 0.25) is 0 Å². The Morgan fingerprint density at radius 3 is 2.57 bits per heavy atom. The SMILES string of the molecule is CC(=O)c1ccc(CCC[C@@H]2[C@@H](CSc3cc(Cl)cc(Cl)c3)[C@H](O)C[C@H]2Cl)s1. The molecule has 2 aromatic rings. The molecule has 1 aliphatic carbocycles. The normalized spacial score (nSPS) is 24.6. The number of halogens is 3.